The molecule has 2 unspecified atom stereocenters. The Morgan fingerprint density at radius 1 is 1.05 bits per heavy atom. The zero-order valence-corrected chi connectivity index (χ0v) is 12.4. The van der Waals surface area contributed by atoms with Gasteiger partial charge >= 0.3 is 0 Å². The van der Waals surface area contributed by atoms with Crippen LogP contribution in [0.1, 0.15) is 71.1 Å². The van der Waals surface area contributed by atoms with E-state index in [2.05, 4.69) is 17.6 Å². The topological polar surface area (TPSA) is 41.1 Å². The third-order valence-electron chi connectivity index (χ3n) is 4.51. The number of carbonyl (C=O) groups is 1. The van der Waals surface area contributed by atoms with Gasteiger partial charge in [-0.3, -0.25) is 4.79 Å². The van der Waals surface area contributed by atoms with Crippen LogP contribution < -0.4 is 10.6 Å². The summed E-state index contributed by atoms with van der Waals surface area (Å²) in [5.74, 6) is 1.18. The molecular formula is C16H30N2O. The van der Waals surface area contributed by atoms with Crippen molar-refractivity contribution in [3.63, 3.8) is 0 Å². The maximum atomic E-state index is 11.6. The van der Waals surface area contributed by atoms with Gasteiger partial charge in [-0.1, -0.05) is 32.6 Å². The van der Waals surface area contributed by atoms with Crippen LogP contribution in [0.15, 0.2) is 0 Å². The SMILES string of the molecule is CCCC1CCCC(NCCC(=O)NC2CC2)CC1. The Morgan fingerprint density at radius 3 is 2.58 bits per heavy atom. The highest BCUT2D eigenvalue weighted by Gasteiger charge is 2.23. The predicted octanol–water partition coefficient (Wildman–Crippen LogP) is 2.99. The van der Waals surface area contributed by atoms with Gasteiger partial charge in [0.05, 0.1) is 0 Å². The predicted molar refractivity (Wildman–Crippen MR) is 79.1 cm³/mol. The summed E-state index contributed by atoms with van der Waals surface area (Å²) in [6.07, 6.45) is 12.5. The van der Waals surface area contributed by atoms with Crippen LogP contribution in [-0.2, 0) is 4.79 Å². The molecule has 2 aliphatic rings. The van der Waals surface area contributed by atoms with Gasteiger partial charge in [-0.15, -0.1) is 0 Å². The summed E-state index contributed by atoms with van der Waals surface area (Å²) >= 11 is 0. The molecule has 2 N–H and O–H groups in total. The summed E-state index contributed by atoms with van der Waals surface area (Å²) in [4.78, 5) is 11.6. The maximum absolute atomic E-state index is 11.6. The van der Waals surface area contributed by atoms with E-state index in [-0.39, 0.29) is 5.91 Å². The number of hydrogen-bond donors (Lipinski definition) is 2. The van der Waals surface area contributed by atoms with Crippen LogP contribution in [0, 0.1) is 5.92 Å². The number of rotatable bonds is 7. The summed E-state index contributed by atoms with van der Waals surface area (Å²) in [6.45, 7) is 3.14. The number of carbonyl (C=O) groups excluding carboxylic acids is 1. The molecule has 19 heavy (non-hydrogen) atoms. The highest BCUT2D eigenvalue weighted by atomic mass is 16.1. The van der Waals surface area contributed by atoms with Crippen LogP contribution in [-0.4, -0.2) is 24.5 Å². The van der Waals surface area contributed by atoms with Crippen molar-refractivity contribution in [1.29, 1.82) is 0 Å². The maximum Gasteiger partial charge on any atom is 0.221 e. The standard InChI is InChI=1S/C16H30N2O/c1-2-4-13-5-3-6-14(8-7-13)17-12-11-16(19)18-15-9-10-15/h13-15,17H,2-12H2,1H3,(H,18,19). The van der Waals surface area contributed by atoms with E-state index in [0.29, 0.717) is 18.5 Å². The second kappa shape index (κ2) is 7.88. The Kier molecular flexibility index (Phi) is 6.15. The molecule has 0 radical (unpaired) electrons. The molecule has 3 nitrogen and oxygen atoms in total. The first-order valence-electron chi connectivity index (χ1n) is 8.30. The monoisotopic (exact) mass is 266 g/mol. The molecule has 2 fully saturated rings. The summed E-state index contributed by atoms with van der Waals surface area (Å²) < 4.78 is 0. The first-order valence-corrected chi connectivity index (χ1v) is 8.30. The largest absolute Gasteiger partial charge is 0.353 e. The lowest BCUT2D eigenvalue weighted by Gasteiger charge is -2.16. The van der Waals surface area contributed by atoms with Crippen molar-refractivity contribution in [2.45, 2.75) is 83.2 Å². The minimum Gasteiger partial charge on any atom is -0.353 e. The van der Waals surface area contributed by atoms with E-state index in [1.165, 1.54) is 57.8 Å². The normalized spacial score (nSPS) is 27.8. The Labute approximate surface area is 117 Å². The summed E-state index contributed by atoms with van der Waals surface area (Å²) in [6, 6.07) is 1.15. The van der Waals surface area contributed by atoms with Gasteiger partial charge in [-0.2, -0.15) is 0 Å². The zero-order chi connectivity index (χ0) is 13.5. The van der Waals surface area contributed by atoms with E-state index in [1.807, 2.05) is 0 Å². The van der Waals surface area contributed by atoms with Crippen LogP contribution in [0.25, 0.3) is 0 Å². The summed E-state index contributed by atoms with van der Waals surface area (Å²) in [5, 5.41) is 6.64. The first kappa shape index (κ1) is 14.8. The van der Waals surface area contributed by atoms with E-state index in [9.17, 15) is 4.79 Å². The van der Waals surface area contributed by atoms with E-state index >= 15 is 0 Å². The molecule has 3 heteroatoms. The number of amides is 1. The van der Waals surface area contributed by atoms with E-state index < -0.39 is 0 Å². The molecule has 0 aliphatic heterocycles. The molecule has 2 rings (SSSR count). The Hall–Kier alpha value is -0.570. The fourth-order valence-corrected chi connectivity index (χ4v) is 3.20. The zero-order valence-electron chi connectivity index (χ0n) is 12.4. The molecular weight excluding hydrogens is 236 g/mol. The third kappa shape index (κ3) is 5.94. The van der Waals surface area contributed by atoms with Crippen molar-refractivity contribution >= 4 is 5.91 Å². The summed E-state index contributed by atoms with van der Waals surface area (Å²) in [7, 11) is 0. The van der Waals surface area contributed by atoms with Crippen molar-refractivity contribution in [3.8, 4) is 0 Å². The molecule has 2 atom stereocenters. The number of nitrogens with one attached hydrogen (secondary N) is 2. The second-order valence-electron chi connectivity index (χ2n) is 6.41. The lowest BCUT2D eigenvalue weighted by Crippen LogP contribution is -2.34. The molecule has 110 valence electrons. The number of hydrogen-bond acceptors (Lipinski definition) is 2. The molecule has 0 spiro atoms. The van der Waals surface area contributed by atoms with Crippen LogP contribution in [0.5, 0.6) is 0 Å². The molecule has 0 heterocycles. The lowest BCUT2D eigenvalue weighted by molar-refractivity contribution is -0.121. The first-order chi connectivity index (χ1) is 9.28. The Bertz CT molecular complexity index is 276. The van der Waals surface area contributed by atoms with Crippen molar-refractivity contribution in [3.05, 3.63) is 0 Å². The van der Waals surface area contributed by atoms with E-state index in [0.717, 1.165) is 12.5 Å². The van der Waals surface area contributed by atoms with Gasteiger partial charge in [0.2, 0.25) is 5.91 Å². The molecule has 1 amide bonds. The average molecular weight is 266 g/mol. The fraction of sp³-hybridized carbons (Fsp3) is 0.938. The van der Waals surface area contributed by atoms with Crippen molar-refractivity contribution in [2.24, 2.45) is 5.92 Å². The molecule has 0 aromatic heterocycles. The minimum atomic E-state index is 0.229. The highest BCUT2D eigenvalue weighted by Crippen LogP contribution is 2.26. The van der Waals surface area contributed by atoms with Gasteiger partial charge in [0.1, 0.15) is 0 Å². The smallest absolute Gasteiger partial charge is 0.221 e. The quantitative estimate of drug-likeness (QED) is 0.696. The van der Waals surface area contributed by atoms with Crippen LogP contribution in [0.4, 0.5) is 0 Å². The van der Waals surface area contributed by atoms with Gasteiger partial charge in [0.25, 0.3) is 0 Å². The van der Waals surface area contributed by atoms with Gasteiger partial charge in [0, 0.05) is 25.0 Å². The van der Waals surface area contributed by atoms with Crippen molar-refractivity contribution in [1.82, 2.24) is 10.6 Å². The van der Waals surface area contributed by atoms with Crippen LogP contribution in [0.2, 0.25) is 0 Å². The van der Waals surface area contributed by atoms with E-state index in [4.69, 9.17) is 0 Å². The second-order valence-corrected chi connectivity index (χ2v) is 6.41. The average Bonchev–Trinajstić information content (AvgIpc) is 3.19. The van der Waals surface area contributed by atoms with Gasteiger partial charge in [-0.25, -0.2) is 0 Å². The molecule has 0 bridgehead atoms. The highest BCUT2D eigenvalue weighted by molar-refractivity contribution is 5.76. The molecule has 2 saturated carbocycles. The summed E-state index contributed by atoms with van der Waals surface area (Å²) in [5.41, 5.74) is 0. The van der Waals surface area contributed by atoms with Gasteiger partial charge in [-0.05, 0) is 38.0 Å². The molecule has 0 aromatic rings. The lowest BCUT2D eigenvalue weighted by atomic mass is 9.95. The molecule has 0 saturated heterocycles. The Morgan fingerprint density at radius 2 is 1.84 bits per heavy atom. The van der Waals surface area contributed by atoms with Crippen LogP contribution in [0.3, 0.4) is 0 Å². The van der Waals surface area contributed by atoms with Crippen molar-refractivity contribution in [2.75, 3.05) is 6.54 Å². The van der Waals surface area contributed by atoms with Crippen LogP contribution >= 0.6 is 0 Å². The van der Waals surface area contributed by atoms with Gasteiger partial charge < -0.3 is 10.6 Å². The minimum absolute atomic E-state index is 0.229. The van der Waals surface area contributed by atoms with Crippen molar-refractivity contribution < 1.29 is 4.79 Å². The van der Waals surface area contributed by atoms with E-state index in [1.54, 1.807) is 0 Å². The van der Waals surface area contributed by atoms with Gasteiger partial charge in [0.15, 0.2) is 0 Å². The molecule has 2 aliphatic carbocycles. The Balaban J connectivity index is 1.56. The third-order valence-corrected chi connectivity index (χ3v) is 4.51. The molecule has 0 aromatic carbocycles. The fourth-order valence-electron chi connectivity index (χ4n) is 3.20.